The van der Waals surface area contributed by atoms with E-state index in [1.54, 1.807) is 0 Å². The van der Waals surface area contributed by atoms with Gasteiger partial charge < -0.3 is 4.74 Å². The first-order valence-corrected chi connectivity index (χ1v) is 9.32. The van der Waals surface area contributed by atoms with Crippen LogP contribution >= 0.6 is 39.3 Å². The number of alkyl halides is 2. The highest BCUT2D eigenvalue weighted by atomic mass is 79.9. The summed E-state index contributed by atoms with van der Waals surface area (Å²) in [6.07, 6.45) is 0.0839. The molecule has 0 aromatic heterocycles. The van der Waals surface area contributed by atoms with Gasteiger partial charge in [0.2, 0.25) is 0 Å². The Hall–Kier alpha value is -0.480. The van der Waals surface area contributed by atoms with E-state index in [9.17, 15) is 0 Å². The highest BCUT2D eigenvalue weighted by Gasteiger charge is 2.48. The second kappa shape index (κ2) is 6.74. The van der Waals surface area contributed by atoms with Crippen LogP contribution in [0.4, 0.5) is 0 Å². The van der Waals surface area contributed by atoms with Gasteiger partial charge in [0.25, 0.3) is 0 Å². The molecule has 0 radical (unpaired) electrons. The Morgan fingerprint density at radius 2 is 1.76 bits per heavy atom. The Bertz CT molecular complexity index is 580. The molecule has 1 aliphatic heterocycles. The molecule has 1 nitrogen and oxygen atoms in total. The van der Waals surface area contributed by atoms with Crippen molar-refractivity contribution in [2.45, 2.75) is 15.9 Å². The maximum absolute atomic E-state index is 6.38. The third-order valence-corrected chi connectivity index (χ3v) is 6.96. The summed E-state index contributed by atoms with van der Waals surface area (Å²) < 4.78 is 6.38. The van der Waals surface area contributed by atoms with Crippen molar-refractivity contribution in [1.82, 2.24) is 0 Å². The Morgan fingerprint density at radius 1 is 1.14 bits per heavy atom. The highest BCUT2D eigenvalue weighted by molar-refractivity contribution is 9.09. The minimum atomic E-state index is -0.428. The second-order valence-electron chi connectivity index (χ2n) is 5.01. The molecule has 0 N–H and O–H groups in total. The SMILES string of the molecule is ClCC1CSC(c2ccccc2)(C(Br)c2ccccc2)O1. The molecule has 0 aliphatic carbocycles. The van der Waals surface area contributed by atoms with Gasteiger partial charge in [0.1, 0.15) is 0 Å². The lowest BCUT2D eigenvalue weighted by molar-refractivity contribution is 0.000177. The van der Waals surface area contributed by atoms with Crippen LogP contribution in [0, 0.1) is 0 Å². The van der Waals surface area contributed by atoms with E-state index in [0.717, 1.165) is 5.75 Å². The van der Waals surface area contributed by atoms with Crippen molar-refractivity contribution in [2.24, 2.45) is 0 Å². The molecule has 2 aromatic carbocycles. The molecule has 110 valence electrons. The lowest BCUT2D eigenvalue weighted by atomic mass is 10.00. The normalized spacial score (nSPS) is 26.7. The summed E-state index contributed by atoms with van der Waals surface area (Å²) >= 11 is 11.7. The molecule has 1 heterocycles. The number of ether oxygens (including phenoxy) is 1. The van der Waals surface area contributed by atoms with Gasteiger partial charge in [-0.15, -0.1) is 23.4 Å². The molecule has 3 rings (SSSR count). The molecular formula is C17H16BrClOS. The molecule has 0 saturated carbocycles. The van der Waals surface area contributed by atoms with Gasteiger partial charge in [-0.05, 0) is 11.1 Å². The molecule has 0 spiro atoms. The van der Waals surface area contributed by atoms with Crippen molar-refractivity contribution in [3.8, 4) is 0 Å². The second-order valence-corrected chi connectivity index (χ2v) is 7.46. The zero-order valence-corrected chi connectivity index (χ0v) is 14.6. The number of benzene rings is 2. The largest absolute Gasteiger partial charge is 0.353 e. The van der Waals surface area contributed by atoms with Gasteiger partial charge in [-0.1, -0.05) is 76.6 Å². The number of thioether (sulfide) groups is 1. The van der Waals surface area contributed by atoms with Crippen LogP contribution in [-0.4, -0.2) is 17.7 Å². The number of rotatable bonds is 4. The number of hydrogen-bond donors (Lipinski definition) is 0. The van der Waals surface area contributed by atoms with Crippen LogP contribution in [0.2, 0.25) is 0 Å². The van der Waals surface area contributed by atoms with Crippen molar-refractivity contribution in [2.75, 3.05) is 11.6 Å². The van der Waals surface area contributed by atoms with Gasteiger partial charge in [0, 0.05) is 11.6 Å². The average molecular weight is 384 g/mol. The summed E-state index contributed by atoms with van der Waals surface area (Å²) in [7, 11) is 0. The maximum atomic E-state index is 6.38. The van der Waals surface area contributed by atoms with E-state index in [4.69, 9.17) is 16.3 Å². The Balaban J connectivity index is 2.01. The van der Waals surface area contributed by atoms with Gasteiger partial charge >= 0.3 is 0 Å². The predicted molar refractivity (Wildman–Crippen MR) is 94.3 cm³/mol. The summed E-state index contributed by atoms with van der Waals surface area (Å²) in [5.41, 5.74) is 2.39. The van der Waals surface area contributed by atoms with Crippen LogP contribution < -0.4 is 0 Å². The van der Waals surface area contributed by atoms with Crippen LogP contribution in [0.15, 0.2) is 60.7 Å². The summed E-state index contributed by atoms with van der Waals surface area (Å²) in [5, 5.41) is 0. The standard InChI is InChI=1S/C17H16BrClOS/c18-16(13-7-3-1-4-8-13)17(14-9-5-2-6-10-14)20-15(11-19)12-21-17/h1-10,15-16H,11-12H2. The minimum Gasteiger partial charge on any atom is -0.353 e. The van der Waals surface area contributed by atoms with Crippen LogP contribution in [0.1, 0.15) is 16.0 Å². The maximum Gasteiger partial charge on any atom is 0.156 e. The molecule has 0 bridgehead atoms. The monoisotopic (exact) mass is 382 g/mol. The fourth-order valence-electron chi connectivity index (χ4n) is 2.55. The van der Waals surface area contributed by atoms with Gasteiger partial charge in [-0.25, -0.2) is 0 Å². The lowest BCUT2D eigenvalue weighted by Gasteiger charge is -2.34. The molecule has 0 amide bonds. The first-order chi connectivity index (χ1) is 10.3. The smallest absolute Gasteiger partial charge is 0.156 e. The van der Waals surface area contributed by atoms with Gasteiger partial charge in [-0.2, -0.15) is 0 Å². The van der Waals surface area contributed by atoms with Crippen molar-refractivity contribution in [1.29, 1.82) is 0 Å². The molecule has 4 heteroatoms. The van der Waals surface area contributed by atoms with E-state index >= 15 is 0 Å². The van der Waals surface area contributed by atoms with E-state index in [-0.39, 0.29) is 10.9 Å². The Kier molecular flexibility index (Phi) is 4.95. The first kappa shape index (κ1) is 15.4. The molecule has 3 unspecified atom stereocenters. The fraction of sp³-hybridized carbons (Fsp3) is 0.294. The highest BCUT2D eigenvalue weighted by Crippen LogP contribution is 2.56. The van der Waals surface area contributed by atoms with E-state index < -0.39 is 4.93 Å². The molecule has 1 fully saturated rings. The minimum absolute atomic E-state index is 0.0758. The molecule has 1 aliphatic rings. The van der Waals surface area contributed by atoms with Gasteiger partial charge in [-0.3, -0.25) is 0 Å². The van der Waals surface area contributed by atoms with E-state index in [2.05, 4.69) is 64.5 Å². The third kappa shape index (κ3) is 3.02. The zero-order chi connectivity index (χ0) is 14.7. The van der Waals surface area contributed by atoms with Gasteiger partial charge in [0.15, 0.2) is 4.93 Å². The third-order valence-electron chi connectivity index (χ3n) is 3.60. The van der Waals surface area contributed by atoms with Crippen molar-refractivity contribution < 1.29 is 4.74 Å². The van der Waals surface area contributed by atoms with Gasteiger partial charge in [0.05, 0.1) is 10.9 Å². The summed E-state index contributed by atoms with van der Waals surface area (Å²) in [5.74, 6) is 1.43. The Labute approximate surface area is 143 Å². The van der Waals surface area contributed by atoms with E-state index in [1.165, 1.54) is 11.1 Å². The molecule has 21 heavy (non-hydrogen) atoms. The number of halogens is 2. The number of hydrogen-bond acceptors (Lipinski definition) is 2. The van der Waals surface area contributed by atoms with Crippen molar-refractivity contribution in [3.05, 3.63) is 71.8 Å². The molecular weight excluding hydrogens is 368 g/mol. The predicted octanol–water partition coefficient (Wildman–Crippen LogP) is 5.35. The topological polar surface area (TPSA) is 9.23 Å². The van der Waals surface area contributed by atoms with Crippen LogP contribution in [-0.2, 0) is 9.67 Å². The molecule has 2 aromatic rings. The first-order valence-electron chi connectivity index (χ1n) is 6.88. The van der Waals surface area contributed by atoms with Crippen molar-refractivity contribution in [3.63, 3.8) is 0 Å². The van der Waals surface area contributed by atoms with Crippen LogP contribution in [0.3, 0.4) is 0 Å². The quantitative estimate of drug-likeness (QED) is 0.658. The van der Waals surface area contributed by atoms with Crippen molar-refractivity contribution >= 4 is 39.3 Å². The molecule has 3 atom stereocenters. The Morgan fingerprint density at radius 3 is 2.33 bits per heavy atom. The summed E-state index contributed by atoms with van der Waals surface area (Å²) in [6, 6.07) is 20.8. The molecule has 1 saturated heterocycles. The fourth-order valence-corrected chi connectivity index (χ4v) is 5.34. The van der Waals surface area contributed by atoms with E-state index in [1.807, 2.05) is 23.9 Å². The lowest BCUT2D eigenvalue weighted by Crippen LogP contribution is -2.29. The average Bonchev–Trinajstić information content (AvgIpc) is 3.01. The van der Waals surface area contributed by atoms with Crippen LogP contribution in [0.5, 0.6) is 0 Å². The zero-order valence-electron chi connectivity index (χ0n) is 11.4. The summed E-state index contributed by atoms with van der Waals surface area (Å²) in [6.45, 7) is 0. The van der Waals surface area contributed by atoms with E-state index in [0.29, 0.717) is 5.88 Å². The van der Waals surface area contributed by atoms with Crippen LogP contribution in [0.25, 0.3) is 0 Å². The summed E-state index contributed by atoms with van der Waals surface area (Å²) in [4.78, 5) is -0.353.